The number of carbonyl (C=O) groups excluding carboxylic acids is 1. The van der Waals surface area contributed by atoms with Crippen LogP contribution in [0.1, 0.15) is 37.0 Å². The summed E-state index contributed by atoms with van der Waals surface area (Å²) in [6, 6.07) is 4.84. The maximum atomic E-state index is 11.3. The van der Waals surface area contributed by atoms with Gasteiger partial charge in [0.25, 0.3) is 5.91 Å². The molecular weight excluding hydrogens is 230 g/mol. The Hall–Kier alpha value is -1.75. The van der Waals surface area contributed by atoms with Crippen LogP contribution in [0.2, 0.25) is 0 Å². The number of nitrogens with two attached hydrogens (primary N) is 2. The van der Waals surface area contributed by atoms with Gasteiger partial charge >= 0.3 is 0 Å². The predicted molar refractivity (Wildman–Crippen MR) is 73.4 cm³/mol. The summed E-state index contributed by atoms with van der Waals surface area (Å²) in [4.78, 5) is 11.3. The van der Waals surface area contributed by atoms with E-state index in [1.807, 2.05) is 6.92 Å². The molecule has 0 saturated heterocycles. The van der Waals surface area contributed by atoms with Gasteiger partial charge in [-0.15, -0.1) is 0 Å². The lowest BCUT2D eigenvalue weighted by molar-refractivity contribution is 0.0636. The van der Waals surface area contributed by atoms with Crippen molar-refractivity contribution < 1.29 is 9.90 Å². The van der Waals surface area contributed by atoms with Gasteiger partial charge in [0.05, 0.1) is 11.2 Å². The van der Waals surface area contributed by atoms with Crippen molar-refractivity contribution >= 4 is 17.3 Å². The number of primary amides is 1. The van der Waals surface area contributed by atoms with Crippen molar-refractivity contribution in [3.63, 3.8) is 0 Å². The molecule has 0 heterocycles. The van der Waals surface area contributed by atoms with Crippen LogP contribution in [-0.2, 0) is 0 Å². The molecule has 0 aromatic heterocycles. The van der Waals surface area contributed by atoms with Gasteiger partial charge in [0.2, 0.25) is 0 Å². The summed E-state index contributed by atoms with van der Waals surface area (Å²) in [5, 5.41) is 13.1. The molecule has 1 amide bonds. The number of benzene rings is 1. The van der Waals surface area contributed by atoms with E-state index >= 15 is 0 Å². The van der Waals surface area contributed by atoms with Crippen molar-refractivity contribution in [2.45, 2.75) is 32.3 Å². The third-order valence-electron chi connectivity index (χ3n) is 2.76. The van der Waals surface area contributed by atoms with Gasteiger partial charge in [0.15, 0.2) is 0 Å². The van der Waals surface area contributed by atoms with Crippen molar-refractivity contribution in [2.24, 2.45) is 5.73 Å². The average molecular weight is 251 g/mol. The van der Waals surface area contributed by atoms with Gasteiger partial charge in [-0.1, -0.05) is 13.3 Å². The van der Waals surface area contributed by atoms with Crippen LogP contribution in [0.5, 0.6) is 0 Å². The summed E-state index contributed by atoms with van der Waals surface area (Å²) in [6.07, 6.45) is 1.56. The molecule has 1 aromatic carbocycles. The Morgan fingerprint density at radius 1 is 1.50 bits per heavy atom. The number of carbonyl (C=O) groups is 1. The molecule has 0 radical (unpaired) electrons. The van der Waals surface area contributed by atoms with Crippen molar-refractivity contribution in [3.05, 3.63) is 23.8 Å². The number of nitrogen functional groups attached to an aromatic ring is 1. The Morgan fingerprint density at radius 3 is 2.72 bits per heavy atom. The summed E-state index contributed by atoms with van der Waals surface area (Å²) in [6.45, 7) is 4.09. The Balaban J connectivity index is 2.83. The van der Waals surface area contributed by atoms with E-state index in [9.17, 15) is 9.90 Å². The van der Waals surface area contributed by atoms with Gasteiger partial charge in [-0.25, -0.2) is 0 Å². The number of hydrogen-bond acceptors (Lipinski definition) is 4. The van der Waals surface area contributed by atoms with E-state index in [1.165, 1.54) is 0 Å². The molecule has 6 N–H and O–H groups in total. The normalized spacial score (nSPS) is 13.9. The zero-order valence-corrected chi connectivity index (χ0v) is 10.9. The van der Waals surface area contributed by atoms with Crippen LogP contribution < -0.4 is 16.8 Å². The first-order valence-electron chi connectivity index (χ1n) is 6.01. The van der Waals surface area contributed by atoms with Gasteiger partial charge in [-0.05, 0) is 31.5 Å². The molecule has 0 aliphatic rings. The summed E-state index contributed by atoms with van der Waals surface area (Å²) in [5.74, 6) is -0.521. The minimum absolute atomic E-state index is 0.338. The molecule has 0 spiro atoms. The summed E-state index contributed by atoms with van der Waals surface area (Å²) in [7, 11) is 0. The van der Waals surface area contributed by atoms with E-state index in [1.54, 1.807) is 25.1 Å². The fraction of sp³-hybridized carbons (Fsp3) is 0.462. The highest BCUT2D eigenvalue weighted by Gasteiger charge is 2.19. The molecular formula is C13H21N3O2. The van der Waals surface area contributed by atoms with E-state index in [-0.39, 0.29) is 0 Å². The van der Waals surface area contributed by atoms with Crippen molar-refractivity contribution in [1.29, 1.82) is 0 Å². The summed E-state index contributed by atoms with van der Waals surface area (Å²) >= 11 is 0. The van der Waals surface area contributed by atoms with E-state index in [0.717, 1.165) is 6.42 Å². The first-order valence-corrected chi connectivity index (χ1v) is 6.01. The van der Waals surface area contributed by atoms with E-state index in [2.05, 4.69) is 5.32 Å². The highest BCUT2D eigenvalue weighted by Crippen LogP contribution is 2.21. The molecule has 5 heteroatoms. The largest absolute Gasteiger partial charge is 0.399 e. The Labute approximate surface area is 107 Å². The fourth-order valence-corrected chi connectivity index (χ4v) is 1.84. The molecule has 1 rings (SSSR count). The topological polar surface area (TPSA) is 101 Å². The smallest absolute Gasteiger partial charge is 0.250 e. The third kappa shape index (κ3) is 3.92. The van der Waals surface area contributed by atoms with Crippen LogP contribution in [0, 0.1) is 0 Å². The number of anilines is 2. The van der Waals surface area contributed by atoms with Gasteiger partial charge in [-0.3, -0.25) is 4.79 Å². The average Bonchev–Trinajstić information content (AvgIpc) is 2.26. The minimum atomic E-state index is -0.825. The number of amides is 1. The maximum Gasteiger partial charge on any atom is 0.250 e. The van der Waals surface area contributed by atoms with Crippen LogP contribution in [-0.4, -0.2) is 23.2 Å². The van der Waals surface area contributed by atoms with Crippen molar-refractivity contribution in [1.82, 2.24) is 0 Å². The van der Waals surface area contributed by atoms with Crippen LogP contribution in [0.15, 0.2) is 18.2 Å². The lowest BCUT2D eigenvalue weighted by atomic mass is 10.0. The lowest BCUT2D eigenvalue weighted by Gasteiger charge is -2.24. The Kier molecular flexibility index (Phi) is 4.55. The first kappa shape index (κ1) is 14.3. The molecule has 0 aliphatic heterocycles. The summed E-state index contributed by atoms with van der Waals surface area (Å²) in [5.41, 5.74) is 11.6. The highest BCUT2D eigenvalue weighted by atomic mass is 16.3. The van der Waals surface area contributed by atoms with E-state index < -0.39 is 11.5 Å². The molecule has 100 valence electrons. The van der Waals surface area contributed by atoms with Gasteiger partial charge in [0, 0.05) is 17.9 Å². The highest BCUT2D eigenvalue weighted by molar-refractivity contribution is 5.99. The maximum absolute atomic E-state index is 11.3. The van der Waals surface area contributed by atoms with Crippen molar-refractivity contribution in [2.75, 3.05) is 17.6 Å². The molecule has 1 unspecified atom stereocenters. The number of rotatable bonds is 6. The van der Waals surface area contributed by atoms with Crippen LogP contribution >= 0.6 is 0 Å². The molecule has 0 aliphatic carbocycles. The van der Waals surface area contributed by atoms with E-state index in [4.69, 9.17) is 11.5 Å². The number of nitrogens with one attached hydrogen (secondary N) is 1. The monoisotopic (exact) mass is 251 g/mol. The quantitative estimate of drug-likeness (QED) is 0.573. The predicted octanol–water partition coefficient (Wildman–Crippen LogP) is 1.33. The SMILES string of the molecule is CCCC(C)(O)CNc1cc(N)ccc1C(N)=O. The Bertz CT molecular complexity index is 430. The second kappa shape index (κ2) is 5.73. The Morgan fingerprint density at radius 2 is 2.17 bits per heavy atom. The first-order chi connectivity index (χ1) is 8.35. The second-order valence-electron chi connectivity index (χ2n) is 4.77. The zero-order valence-electron chi connectivity index (χ0n) is 10.9. The molecule has 0 bridgehead atoms. The van der Waals surface area contributed by atoms with Crippen LogP contribution in [0.3, 0.4) is 0 Å². The second-order valence-corrected chi connectivity index (χ2v) is 4.77. The number of hydrogen-bond donors (Lipinski definition) is 4. The third-order valence-corrected chi connectivity index (χ3v) is 2.76. The van der Waals surface area contributed by atoms with E-state index in [0.29, 0.717) is 29.9 Å². The van der Waals surface area contributed by atoms with Crippen molar-refractivity contribution in [3.8, 4) is 0 Å². The molecule has 0 saturated carbocycles. The lowest BCUT2D eigenvalue weighted by Crippen LogP contribution is -2.33. The minimum Gasteiger partial charge on any atom is -0.399 e. The molecule has 0 fully saturated rings. The van der Waals surface area contributed by atoms with Gasteiger partial charge in [0.1, 0.15) is 0 Å². The molecule has 18 heavy (non-hydrogen) atoms. The zero-order chi connectivity index (χ0) is 13.8. The van der Waals surface area contributed by atoms with Crippen LogP contribution in [0.4, 0.5) is 11.4 Å². The fourth-order valence-electron chi connectivity index (χ4n) is 1.84. The standard InChI is InChI=1S/C13H21N3O2/c1-3-6-13(2,18)8-16-11-7-9(14)4-5-10(11)12(15)17/h4-5,7,16,18H,3,6,8,14H2,1-2H3,(H2,15,17). The molecule has 5 nitrogen and oxygen atoms in total. The summed E-state index contributed by atoms with van der Waals surface area (Å²) < 4.78 is 0. The van der Waals surface area contributed by atoms with Gasteiger partial charge < -0.3 is 21.9 Å². The molecule has 1 atom stereocenters. The number of aliphatic hydroxyl groups is 1. The van der Waals surface area contributed by atoms with Crippen LogP contribution in [0.25, 0.3) is 0 Å². The van der Waals surface area contributed by atoms with Gasteiger partial charge in [-0.2, -0.15) is 0 Å². The molecule has 1 aromatic rings.